The zero-order valence-electron chi connectivity index (χ0n) is 17.1. The van der Waals surface area contributed by atoms with Crippen LogP contribution >= 0.6 is 0 Å². The van der Waals surface area contributed by atoms with Gasteiger partial charge in [0, 0.05) is 13.5 Å². The van der Waals surface area contributed by atoms with E-state index >= 15 is 0 Å². The number of carbonyl (C=O) groups is 4. The minimum Gasteiger partial charge on any atom is -0.480 e. The van der Waals surface area contributed by atoms with Gasteiger partial charge in [-0.1, -0.05) is 60.7 Å². The Morgan fingerprint density at radius 1 is 0.935 bits per heavy atom. The van der Waals surface area contributed by atoms with Crippen molar-refractivity contribution in [3.05, 3.63) is 71.8 Å². The molecule has 1 atom stereocenters. The van der Waals surface area contributed by atoms with Crippen LogP contribution in [0.25, 0.3) is 0 Å². The van der Waals surface area contributed by atoms with E-state index in [1.54, 1.807) is 36.4 Å². The van der Waals surface area contributed by atoms with Crippen molar-refractivity contribution in [1.82, 2.24) is 15.5 Å². The molecule has 3 amide bonds. The van der Waals surface area contributed by atoms with E-state index in [0.717, 1.165) is 16.0 Å². The summed E-state index contributed by atoms with van der Waals surface area (Å²) in [6.07, 6.45) is -0.566. The lowest BCUT2D eigenvalue weighted by atomic mass is 10.1. The van der Waals surface area contributed by atoms with Crippen LogP contribution in [0, 0.1) is 0 Å². The highest BCUT2D eigenvalue weighted by molar-refractivity contribution is 5.89. The minimum absolute atomic E-state index is 0.0754. The van der Waals surface area contributed by atoms with Crippen molar-refractivity contribution in [2.75, 3.05) is 20.1 Å². The monoisotopic (exact) mass is 427 g/mol. The molecule has 0 aliphatic heterocycles. The first-order valence-corrected chi connectivity index (χ1v) is 9.59. The van der Waals surface area contributed by atoms with Crippen molar-refractivity contribution in [2.45, 2.75) is 19.1 Å². The van der Waals surface area contributed by atoms with Gasteiger partial charge in [-0.05, 0) is 11.1 Å². The minimum atomic E-state index is -1.18. The van der Waals surface area contributed by atoms with Crippen molar-refractivity contribution >= 4 is 23.9 Å². The maximum Gasteiger partial charge on any atom is 0.410 e. The van der Waals surface area contributed by atoms with Crippen LogP contribution in [0.2, 0.25) is 0 Å². The fraction of sp³-hybridized carbons (Fsp3) is 0.273. The second-order valence-corrected chi connectivity index (χ2v) is 6.82. The molecule has 9 nitrogen and oxygen atoms in total. The fourth-order valence-corrected chi connectivity index (χ4v) is 2.64. The highest BCUT2D eigenvalue weighted by Gasteiger charge is 2.21. The van der Waals surface area contributed by atoms with E-state index in [0.29, 0.717) is 0 Å². The molecule has 0 bridgehead atoms. The first-order chi connectivity index (χ1) is 14.8. The fourth-order valence-electron chi connectivity index (χ4n) is 2.64. The summed E-state index contributed by atoms with van der Waals surface area (Å²) >= 11 is 0. The molecule has 164 valence electrons. The number of nitrogens with zero attached hydrogens (tertiary/aromatic N) is 1. The van der Waals surface area contributed by atoms with E-state index in [2.05, 4.69) is 10.6 Å². The number of benzene rings is 2. The Balaban J connectivity index is 1.72. The molecule has 9 heteroatoms. The van der Waals surface area contributed by atoms with E-state index in [1.165, 1.54) is 7.05 Å². The van der Waals surface area contributed by atoms with Gasteiger partial charge in [0.2, 0.25) is 11.8 Å². The Kier molecular flexibility index (Phi) is 9.03. The predicted molar refractivity (Wildman–Crippen MR) is 112 cm³/mol. The SMILES string of the molecule is CN(CC(=O)NCC(=O)N[C@@H](Cc1ccccc1)C(=O)O)C(=O)OCc1ccccc1. The molecule has 0 aromatic heterocycles. The van der Waals surface area contributed by atoms with Gasteiger partial charge < -0.3 is 25.4 Å². The summed E-state index contributed by atoms with van der Waals surface area (Å²) in [6.45, 7) is -0.649. The number of hydrogen-bond donors (Lipinski definition) is 3. The molecule has 0 aliphatic rings. The van der Waals surface area contributed by atoms with E-state index in [-0.39, 0.29) is 19.6 Å². The number of rotatable bonds is 10. The molecule has 0 saturated heterocycles. The molecule has 0 spiro atoms. The molecule has 2 rings (SSSR count). The zero-order chi connectivity index (χ0) is 22.6. The van der Waals surface area contributed by atoms with Crippen molar-refractivity contribution < 1.29 is 29.0 Å². The van der Waals surface area contributed by atoms with Crippen LogP contribution in [0.1, 0.15) is 11.1 Å². The van der Waals surface area contributed by atoms with Crippen LogP contribution in [-0.2, 0) is 32.1 Å². The van der Waals surface area contributed by atoms with Crippen LogP contribution in [0.5, 0.6) is 0 Å². The first kappa shape index (κ1) is 23.4. The highest BCUT2D eigenvalue weighted by atomic mass is 16.6. The van der Waals surface area contributed by atoms with Gasteiger partial charge >= 0.3 is 12.1 Å². The second-order valence-electron chi connectivity index (χ2n) is 6.82. The third-order valence-corrected chi connectivity index (χ3v) is 4.26. The smallest absolute Gasteiger partial charge is 0.410 e. The summed E-state index contributed by atoms with van der Waals surface area (Å²) in [5.74, 6) is -2.40. The van der Waals surface area contributed by atoms with Gasteiger partial charge in [0.25, 0.3) is 0 Å². The molecular weight excluding hydrogens is 402 g/mol. The summed E-state index contributed by atoms with van der Waals surface area (Å²) in [4.78, 5) is 48.5. The predicted octanol–water partition coefficient (Wildman–Crippen LogP) is 1.18. The summed E-state index contributed by atoms with van der Waals surface area (Å²) in [6, 6.07) is 16.9. The Labute approximate surface area is 180 Å². The number of amides is 3. The standard InChI is InChI=1S/C22H25N3O6/c1-25(22(30)31-15-17-10-6-3-7-11-17)14-20(27)23-13-19(26)24-18(21(28)29)12-16-8-4-2-5-9-16/h2-11,18H,12-15H2,1H3,(H,23,27)(H,24,26)(H,28,29)/t18-/m0/s1. The maximum atomic E-state index is 12.0. The Bertz CT molecular complexity index is 889. The number of carboxylic acid groups (broad SMARTS) is 1. The largest absolute Gasteiger partial charge is 0.480 e. The van der Waals surface area contributed by atoms with Crippen molar-refractivity contribution in [3.8, 4) is 0 Å². The molecule has 0 radical (unpaired) electrons. The normalized spacial score (nSPS) is 11.1. The Morgan fingerprint density at radius 3 is 2.10 bits per heavy atom. The zero-order valence-corrected chi connectivity index (χ0v) is 17.1. The van der Waals surface area contributed by atoms with Gasteiger partial charge in [0.1, 0.15) is 19.2 Å². The van der Waals surface area contributed by atoms with Gasteiger partial charge in [0.15, 0.2) is 0 Å². The number of hydrogen-bond acceptors (Lipinski definition) is 5. The lowest BCUT2D eigenvalue weighted by Gasteiger charge is -2.17. The Hall–Kier alpha value is -3.88. The van der Waals surface area contributed by atoms with Gasteiger partial charge in [-0.2, -0.15) is 0 Å². The second kappa shape index (κ2) is 12.0. The molecule has 3 N–H and O–H groups in total. The van der Waals surface area contributed by atoms with Crippen LogP contribution in [0.3, 0.4) is 0 Å². The van der Waals surface area contributed by atoms with E-state index in [4.69, 9.17) is 4.74 Å². The number of likely N-dealkylation sites (N-methyl/N-ethyl adjacent to an activating group) is 1. The van der Waals surface area contributed by atoms with Crippen molar-refractivity contribution in [2.24, 2.45) is 0 Å². The number of carbonyl (C=O) groups excluding carboxylic acids is 3. The topological polar surface area (TPSA) is 125 Å². The molecule has 0 saturated carbocycles. The quantitative estimate of drug-likeness (QED) is 0.523. The molecular formula is C22H25N3O6. The average Bonchev–Trinajstić information content (AvgIpc) is 2.77. The summed E-state index contributed by atoms with van der Waals surface area (Å²) < 4.78 is 5.11. The van der Waals surface area contributed by atoms with E-state index < -0.39 is 36.5 Å². The van der Waals surface area contributed by atoms with Crippen molar-refractivity contribution in [3.63, 3.8) is 0 Å². The molecule has 2 aromatic carbocycles. The van der Waals surface area contributed by atoms with Crippen LogP contribution in [0.15, 0.2) is 60.7 Å². The lowest BCUT2D eigenvalue weighted by Crippen LogP contribution is -2.48. The average molecular weight is 427 g/mol. The number of carboxylic acids is 1. The number of aliphatic carboxylic acids is 1. The molecule has 0 unspecified atom stereocenters. The number of ether oxygens (including phenoxy) is 1. The molecule has 31 heavy (non-hydrogen) atoms. The van der Waals surface area contributed by atoms with Gasteiger partial charge in [-0.3, -0.25) is 9.59 Å². The van der Waals surface area contributed by atoms with Gasteiger partial charge in [-0.15, -0.1) is 0 Å². The first-order valence-electron chi connectivity index (χ1n) is 9.59. The van der Waals surface area contributed by atoms with Crippen LogP contribution in [-0.4, -0.2) is 60.1 Å². The summed E-state index contributed by atoms with van der Waals surface area (Å²) in [7, 11) is 1.40. The van der Waals surface area contributed by atoms with E-state index in [1.807, 2.05) is 24.3 Å². The van der Waals surface area contributed by atoms with E-state index in [9.17, 15) is 24.3 Å². The summed E-state index contributed by atoms with van der Waals surface area (Å²) in [5.41, 5.74) is 1.57. The highest BCUT2D eigenvalue weighted by Crippen LogP contribution is 2.04. The number of nitrogens with one attached hydrogen (secondary N) is 2. The molecule has 2 aromatic rings. The van der Waals surface area contributed by atoms with Gasteiger partial charge in [-0.25, -0.2) is 9.59 Å². The van der Waals surface area contributed by atoms with Crippen molar-refractivity contribution in [1.29, 1.82) is 0 Å². The molecule has 0 heterocycles. The maximum absolute atomic E-state index is 12.0. The Morgan fingerprint density at radius 2 is 1.52 bits per heavy atom. The van der Waals surface area contributed by atoms with Crippen LogP contribution in [0.4, 0.5) is 4.79 Å². The van der Waals surface area contributed by atoms with Gasteiger partial charge in [0.05, 0.1) is 6.54 Å². The van der Waals surface area contributed by atoms with Crippen LogP contribution < -0.4 is 10.6 Å². The third kappa shape index (κ3) is 8.57. The lowest BCUT2D eigenvalue weighted by molar-refractivity contribution is -0.141. The summed E-state index contributed by atoms with van der Waals surface area (Å²) in [5, 5.41) is 14.0. The molecule has 0 fully saturated rings. The molecule has 0 aliphatic carbocycles. The third-order valence-electron chi connectivity index (χ3n) is 4.26.